The van der Waals surface area contributed by atoms with Crippen molar-refractivity contribution in [2.24, 2.45) is 0 Å². The maximum absolute atomic E-state index is 6.12. The highest BCUT2D eigenvalue weighted by Crippen LogP contribution is 2.43. The molecule has 0 saturated heterocycles. The van der Waals surface area contributed by atoms with E-state index in [4.69, 9.17) is 8.83 Å². The van der Waals surface area contributed by atoms with E-state index in [0.29, 0.717) is 0 Å². The van der Waals surface area contributed by atoms with Crippen LogP contribution in [0.4, 0.5) is 17.1 Å². The molecule has 2 aromatic heterocycles. The standard InChI is InChI=1S/C50H31NO2/c1-2-10-40-34(8-1)16-17-35-9-7-13-45(50(35)40)51(38-24-18-32(19-25-38)36-22-28-48-43(30-36)41-11-3-5-14-46(41)52-48)39-26-20-33(21-27-39)37-23-29-49-44(31-37)42-12-4-6-15-47(42)53-49/h1-31H. The van der Waals surface area contributed by atoms with Gasteiger partial charge in [0.25, 0.3) is 0 Å². The van der Waals surface area contributed by atoms with Crippen LogP contribution in [0.5, 0.6) is 0 Å². The van der Waals surface area contributed by atoms with Gasteiger partial charge in [-0.3, -0.25) is 0 Å². The van der Waals surface area contributed by atoms with Crippen LogP contribution in [-0.2, 0) is 0 Å². The Morgan fingerprint density at radius 3 is 1.34 bits per heavy atom. The van der Waals surface area contributed by atoms with Crippen LogP contribution in [-0.4, -0.2) is 0 Å². The lowest BCUT2D eigenvalue weighted by molar-refractivity contribution is 0.668. The first kappa shape index (κ1) is 29.6. The van der Waals surface area contributed by atoms with Crippen molar-refractivity contribution >= 4 is 82.5 Å². The smallest absolute Gasteiger partial charge is 0.135 e. The zero-order valence-electron chi connectivity index (χ0n) is 28.7. The lowest BCUT2D eigenvalue weighted by Gasteiger charge is -2.28. The molecule has 248 valence electrons. The summed E-state index contributed by atoms with van der Waals surface area (Å²) in [5.41, 5.74) is 11.6. The van der Waals surface area contributed by atoms with Gasteiger partial charge in [-0.2, -0.15) is 0 Å². The molecule has 3 heteroatoms. The Bertz CT molecular complexity index is 3010. The Labute approximate surface area is 305 Å². The summed E-state index contributed by atoms with van der Waals surface area (Å²) in [6.45, 7) is 0. The third-order valence-electron chi connectivity index (χ3n) is 10.7. The molecule has 0 fully saturated rings. The fourth-order valence-corrected chi connectivity index (χ4v) is 8.07. The number of nitrogens with zero attached hydrogens (tertiary/aromatic N) is 1. The summed E-state index contributed by atoms with van der Waals surface area (Å²) in [7, 11) is 0. The second-order valence-corrected chi connectivity index (χ2v) is 13.7. The molecular formula is C50H31NO2. The molecule has 0 atom stereocenters. The Morgan fingerprint density at radius 2 is 0.755 bits per heavy atom. The first-order valence-corrected chi connectivity index (χ1v) is 18.0. The Balaban J connectivity index is 1.04. The molecule has 0 N–H and O–H groups in total. The molecule has 0 aliphatic rings. The number of rotatable bonds is 5. The first-order chi connectivity index (χ1) is 26.2. The van der Waals surface area contributed by atoms with Crippen molar-refractivity contribution in [2.75, 3.05) is 4.90 Å². The van der Waals surface area contributed by atoms with E-state index in [-0.39, 0.29) is 0 Å². The molecule has 0 saturated carbocycles. The number of hydrogen-bond donors (Lipinski definition) is 0. The fourth-order valence-electron chi connectivity index (χ4n) is 8.07. The molecule has 11 aromatic rings. The van der Waals surface area contributed by atoms with Gasteiger partial charge in [0.15, 0.2) is 0 Å². The van der Waals surface area contributed by atoms with E-state index in [1.54, 1.807) is 0 Å². The average Bonchev–Trinajstić information content (AvgIpc) is 3.79. The van der Waals surface area contributed by atoms with Crippen LogP contribution >= 0.6 is 0 Å². The third kappa shape index (κ3) is 4.82. The minimum absolute atomic E-state index is 0.905. The first-order valence-electron chi connectivity index (χ1n) is 18.0. The van der Waals surface area contributed by atoms with Gasteiger partial charge in [0.1, 0.15) is 22.3 Å². The highest BCUT2D eigenvalue weighted by atomic mass is 16.3. The molecular weight excluding hydrogens is 647 g/mol. The summed E-state index contributed by atoms with van der Waals surface area (Å²) in [6, 6.07) is 67.0. The van der Waals surface area contributed by atoms with Crippen LogP contribution in [0.1, 0.15) is 0 Å². The summed E-state index contributed by atoms with van der Waals surface area (Å²) in [5, 5.41) is 9.43. The lowest BCUT2D eigenvalue weighted by Crippen LogP contribution is -2.10. The van der Waals surface area contributed by atoms with Gasteiger partial charge in [0, 0.05) is 38.3 Å². The summed E-state index contributed by atoms with van der Waals surface area (Å²) < 4.78 is 12.2. The van der Waals surface area contributed by atoms with Gasteiger partial charge in [-0.1, -0.05) is 121 Å². The van der Waals surface area contributed by atoms with Gasteiger partial charge < -0.3 is 13.7 Å². The van der Waals surface area contributed by atoms with Gasteiger partial charge in [0.2, 0.25) is 0 Å². The predicted molar refractivity (Wildman–Crippen MR) is 222 cm³/mol. The zero-order chi connectivity index (χ0) is 34.9. The van der Waals surface area contributed by atoms with E-state index in [2.05, 4.69) is 169 Å². The molecule has 0 spiro atoms. The molecule has 9 aromatic carbocycles. The maximum Gasteiger partial charge on any atom is 0.135 e. The van der Waals surface area contributed by atoms with Crippen LogP contribution in [0.15, 0.2) is 197 Å². The van der Waals surface area contributed by atoms with Crippen molar-refractivity contribution in [3.63, 3.8) is 0 Å². The minimum Gasteiger partial charge on any atom is -0.456 e. The molecule has 0 unspecified atom stereocenters. The average molecular weight is 678 g/mol. The number of para-hydroxylation sites is 2. The number of fused-ring (bicyclic) bond motifs is 9. The van der Waals surface area contributed by atoms with Crippen LogP contribution in [0.25, 0.3) is 87.7 Å². The third-order valence-corrected chi connectivity index (χ3v) is 10.7. The molecule has 0 bridgehead atoms. The molecule has 0 aliphatic heterocycles. The summed E-state index contributed by atoms with van der Waals surface area (Å²) in [6.07, 6.45) is 0. The predicted octanol–water partition coefficient (Wildman–Crippen LogP) is 14.6. The van der Waals surface area contributed by atoms with Crippen molar-refractivity contribution in [2.45, 2.75) is 0 Å². The summed E-state index contributed by atoms with van der Waals surface area (Å²) >= 11 is 0. The molecule has 0 amide bonds. The van der Waals surface area contributed by atoms with Gasteiger partial charge in [-0.25, -0.2) is 0 Å². The van der Waals surface area contributed by atoms with Crippen molar-refractivity contribution in [3.8, 4) is 22.3 Å². The molecule has 3 nitrogen and oxygen atoms in total. The molecule has 53 heavy (non-hydrogen) atoms. The van der Waals surface area contributed by atoms with E-state index in [9.17, 15) is 0 Å². The molecule has 0 radical (unpaired) electrons. The molecule has 2 heterocycles. The summed E-state index contributed by atoms with van der Waals surface area (Å²) in [5.74, 6) is 0. The minimum atomic E-state index is 0.905. The van der Waals surface area contributed by atoms with E-state index < -0.39 is 0 Å². The van der Waals surface area contributed by atoms with E-state index in [1.807, 2.05) is 24.3 Å². The molecule has 0 aliphatic carbocycles. The second kappa shape index (κ2) is 11.7. The topological polar surface area (TPSA) is 29.5 Å². The van der Waals surface area contributed by atoms with Crippen LogP contribution in [0.2, 0.25) is 0 Å². The van der Waals surface area contributed by atoms with Crippen LogP contribution < -0.4 is 4.90 Å². The van der Waals surface area contributed by atoms with Crippen molar-refractivity contribution in [1.29, 1.82) is 0 Å². The van der Waals surface area contributed by atoms with Crippen molar-refractivity contribution in [1.82, 2.24) is 0 Å². The van der Waals surface area contributed by atoms with Gasteiger partial charge >= 0.3 is 0 Å². The van der Waals surface area contributed by atoms with Gasteiger partial charge in [-0.15, -0.1) is 0 Å². The fraction of sp³-hybridized carbons (Fsp3) is 0. The van der Waals surface area contributed by atoms with E-state index in [1.165, 1.54) is 21.5 Å². The highest BCUT2D eigenvalue weighted by molar-refractivity contribution is 6.15. The van der Waals surface area contributed by atoms with Crippen LogP contribution in [0.3, 0.4) is 0 Å². The monoisotopic (exact) mass is 677 g/mol. The quantitative estimate of drug-likeness (QED) is 0.170. The second-order valence-electron chi connectivity index (χ2n) is 13.7. The van der Waals surface area contributed by atoms with E-state index in [0.717, 1.165) is 83.2 Å². The number of hydrogen-bond acceptors (Lipinski definition) is 3. The molecule has 11 rings (SSSR count). The zero-order valence-corrected chi connectivity index (χ0v) is 28.7. The normalized spacial score (nSPS) is 11.8. The lowest BCUT2D eigenvalue weighted by atomic mass is 9.98. The Morgan fingerprint density at radius 1 is 0.302 bits per heavy atom. The van der Waals surface area contributed by atoms with Crippen molar-refractivity contribution < 1.29 is 8.83 Å². The van der Waals surface area contributed by atoms with E-state index >= 15 is 0 Å². The number of anilines is 3. The maximum atomic E-state index is 6.12. The largest absolute Gasteiger partial charge is 0.456 e. The van der Waals surface area contributed by atoms with Gasteiger partial charge in [0.05, 0.1) is 5.69 Å². The van der Waals surface area contributed by atoms with Crippen molar-refractivity contribution in [3.05, 3.63) is 188 Å². The highest BCUT2D eigenvalue weighted by Gasteiger charge is 2.18. The van der Waals surface area contributed by atoms with Crippen LogP contribution in [0, 0.1) is 0 Å². The number of benzene rings is 9. The van der Waals surface area contributed by atoms with Gasteiger partial charge in [-0.05, 0) is 105 Å². The SMILES string of the molecule is c1ccc2c(c1)ccc1cccc(N(c3ccc(-c4ccc5oc6ccccc6c5c4)cc3)c3ccc(-c4ccc5oc6ccccc6c5c4)cc3)c12. The summed E-state index contributed by atoms with van der Waals surface area (Å²) in [4.78, 5) is 2.39. The Hall–Kier alpha value is -7.10. The number of furan rings is 2. The Kier molecular flexibility index (Phi) is 6.55.